The second-order valence-corrected chi connectivity index (χ2v) is 5.38. The van der Waals surface area contributed by atoms with Crippen molar-refractivity contribution >= 4 is 34.8 Å². The minimum Gasteiger partial charge on any atom is -0.212 e. The van der Waals surface area contributed by atoms with Crippen LogP contribution in [-0.4, -0.2) is 39.6 Å². The van der Waals surface area contributed by atoms with Gasteiger partial charge in [0.1, 0.15) is 0 Å². The largest absolute Gasteiger partial charge is 0.460 e. The Balaban J connectivity index is 6.37. The lowest BCUT2D eigenvalue weighted by Crippen LogP contribution is -2.71. The Kier molecular flexibility index (Phi) is 5.47. The summed E-state index contributed by atoms with van der Waals surface area (Å²) in [5.74, 6) is -22.5. The smallest absolute Gasteiger partial charge is 0.212 e. The van der Waals surface area contributed by atoms with Crippen molar-refractivity contribution in [3.63, 3.8) is 0 Å². The summed E-state index contributed by atoms with van der Waals surface area (Å²) >= 11 is 11.1. The van der Waals surface area contributed by atoms with Crippen LogP contribution in [-0.2, 0) is 0 Å². The van der Waals surface area contributed by atoms with Crippen LogP contribution in [0.2, 0.25) is 0 Å². The molecule has 0 aliphatic rings. The van der Waals surface area contributed by atoms with Gasteiger partial charge < -0.3 is 0 Å². The summed E-state index contributed by atoms with van der Waals surface area (Å²) in [6.07, 6.45) is -7.37. The molecule has 0 heterocycles. The maximum atomic E-state index is 13.3. The highest BCUT2D eigenvalue weighted by Gasteiger charge is 2.91. The summed E-state index contributed by atoms with van der Waals surface area (Å²) in [6, 6.07) is 0. The van der Waals surface area contributed by atoms with Crippen molar-refractivity contribution in [1.82, 2.24) is 0 Å². The van der Waals surface area contributed by atoms with Crippen LogP contribution in [0.1, 0.15) is 0 Å². The van der Waals surface area contributed by atoms with E-state index in [2.05, 4.69) is 34.8 Å². The standard InChI is InChI=1S/C7Cl3F13/c8-1(11,3(13,14)2(9,12)6(10,19)20)4(15,16)5(17,18)7(21,22)23. The maximum absolute atomic E-state index is 13.3. The number of hydrogen-bond acceptors (Lipinski definition) is 0. The van der Waals surface area contributed by atoms with Crippen molar-refractivity contribution in [1.29, 1.82) is 0 Å². The third kappa shape index (κ3) is 3.00. The van der Waals surface area contributed by atoms with Gasteiger partial charge in [0.2, 0.25) is 0 Å². The van der Waals surface area contributed by atoms with Crippen LogP contribution < -0.4 is 0 Å². The Morgan fingerprint density at radius 3 is 0.913 bits per heavy atom. The van der Waals surface area contributed by atoms with Crippen LogP contribution in [0.25, 0.3) is 0 Å². The lowest BCUT2D eigenvalue weighted by atomic mass is 9.96. The molecule has 0 aliphatic carbocycles. The second kappa shape index (κ2) is 5.48. The van der Waals surface area contributed by atoms with E-state index in [1.165, 1.54) is 0 Å². The molecule has 0 nitrogen and oxygen atoms in total. The topological polar surface area (TPSA) is 0 Å². The van der Waals surface area contributed by atoms with Crippen LogP contribution in [0, 0.1) is 0 Å². The summed E-state index contributed by atoms with van der Waals surface area (Å²) in [4.78, 5) is 0. The quantitative estimate of drug-likeness (QED) is 0.360. The van der Waals surface area contributed by atoms with Gasteiger partial charge in [-0.05, 0) is 11.6 Å². The zero-order valence-electron chi connectivity index (χ0n) is 9.55. The van der Waals surface area contributed by atoms with Crippen molar-refractivity contribution < 1.29 is 57.1 Å². The summed E-state index contributed by atoms with van der Waals surface area (Å²) in [5, 5.41) is -19.6. The van der Waals surface area contributed by atoms with Gasteiger partial charge in [0.25, 0.3) is 0 Å². The minimum atomic E-state index is -7.64. The second-order valence-electron chi connectivity index (χ2n) is 3.87. The Hall–Kier alpha value is -0.0400. The maximum Gasteiger partial charge on any atom is 0.460 e. The van der Waals surface area contributed by atoms with Crippen LogP contribution in [0.3, 0.4) is 0 Å². The molecule has 0 fully saturated rings. The first-order chi connectivity index (χ1) is 9.50. The van der Waals surface area contributed by atoms with Crippen LogP contribution in [0.4, 0.5) is 57.1 Å². The molecule has 0 aromatic carbocycles. The van der Waals surface area contributed by atoms with E-state index in [-0.39, 0.29) is 0 Å². The van der Waals surface area contributed by atoms with Crippen LogP contribution >= 0.6 is 34.8 Å². The van der Waals surface area contributed by atoms with Crippen LogP contribution in [0.15, 0.2) is 0 Å². The summed E-state index contributed by atoms with van der Waals surface area (Å²) in [6.45, 7) is 0. The van der Waals surface area contributed by atoms with E-state index >= 15 is 0 Å². The normalized spacial score (nSPS) is 20.9. The Bertz CT molecular complexity index is 405. The molecule has 2 atom stereocenters. The Morgan fingerprint density at radius 1 is 0.391 bits per heavy atom. The van der Waals surface area contributed by atoms with Crippen molar-refractivity contribution in [3.8, 4) is 0 Å². The van der Waals surface area contributed by atoms with E-state index in [0.29, 0.717) is 0 Å². The molecule has 23 heavy (non-hydrogen) atoms. The molecule has 0 bridgehead atoms. The fraction of sp³-hybridized carbons (Fsp3) is 1.00. The molecule has 0 saturated heterocycles. The minimum absolute atomic E-state index is 3.64. The van der Waals surface area contributed by atoms with E-state index in [1.54, 1.807) is 0 Å². The van der Waals surface area contributed by atoms with E-state index in [0.717, 1.165) is 0 Å². The van der Waals surface area contributed by atoms with Gasteiger partial charge in [-0.2, -0.15) is 48.3 Å². The highest BCUT2D eigenvalue weighted by atomic mass is 35.5. The molecule has 0 aromatic rings. The predicted molar refractivity (Wildman–Crippen MR) is 51.1 cm³/mol. The molecule has 0 N–H and O–H groups in total. The van der Waals surface area contributed by atoms with Crippen molar-refractivity contribution in [2.75, 3.05) is 0 Å². The molecule has 140 valence electrons. The SMILES string of the molecule is FC(F)(F)C(F)(F)C(F)(F)C(F)(Cl)C(F)(F)C(F)(Cl)C(F)(F)Cl. The molecule has 0 spiro atoms. The van der Waals surface area contributed by atoms with Gasteiger partial charge in [0.15, 0.2) is 0 Å². The molecule has 0 rings (SSSR count). The first-order valence-electron chi connectivity index (χ1n) is 4.52. The van der Waals surface area contributed by atoms with Crippen molar-refractivity contribution in [2.45, 2.75) is 39.6 Å². The van der Waals surface area contributed by atoms with E-state index in [9.17, 15) is 57.1 Å². The average Bonchev–Trinajstić information content (AvgIpc) is 2.24. The molecule has 0 amide bonds. The fourth-order valence-electron chi connectivity index (χ4n) is 0.948. The molecule has 0 saturated carbocycles. The van der Waals surface area contributed by atoms with Crippen LogP contribution in [0.5, 0.6) is 0 Å². The fourth-order valence-corrected chi connectivity index (χ4v) is 1.49. The highest BCUT2D eigenvalue weighted by Crippen LogP contribution is 2.64. The molecular weight excluding hydrogens is 437 g/mol. The molecular formula is C7Cl3F13. The molecule has 0 aromatic heterocycles. The van der Waals surface area contributed by atoms with Gasteiger partial charge in [-0.15, -0.1) is 0 Å². The van der Waals surface area contributed by atoms with Gasteiger partial charge in [-0.25, -0.2) is 8.78 Å². The molecule has 0 aliphatic heterocycles. The number of halogens is 16. The van der Waals surface area contributed by atoms with Crippen molar-refractivity contribution in [2.24, 2.45) is 0 Å². The first-order valence-corrected chi connectivity index (χ1v) is 5.66. The average molecular weight is 437 g/mol. The predicted octanol–water partition coefficient (Wildman–Crippen LogP) is 6.10. The lowest BCUT2D eigenvalue weighted by Gasteiger charge is -2.42. The van der Waals surface area contributed by atoms with E-state index in [1.807, 2.05) is 0 Å². The van der Waals surface area contributed by atoms with Gasteiger partial charge in [-0.3, -0.25) is 0 Å². The summed E-state index contributed by atoms with van der Waals surface area (Å²) < 4.78 is 163. The number of rotatable bonds is 5. The Labute approximate surface area is 132 Å². The number of hydrogen-bond donors (Lipinski definition) is 0. The molecule has 0 radical (unpaired) electrons. The third-order valence-corrected chi connectivity index (χ3v) is 3.60. The Morgan fingerprint density at radius 2 is 0.696 bits per heavy atom. The van der Waals surface area contributed by atoms with Gasteiger partial charge >= 0.3 is 39.6 Å². The monoisotopic (exact) mass is 436 g/mol. The van der Waals surface area contributed by atoms with Gasteiger partial charge in [0, 0.05) is 0 Å². The highest BCUT2D eigenvalue weighted by molar-refractivity contribution is 6.34. The number of alkyl halides is 16. The van der Waals surface area contributed by atoms with Gasteiger partial charge in [0.05, 0.1) is 0 Å². The van der Waals surface area contributed by atoms with E-state index in [4.69, 9.17) is 0 Å². The third-order valence-electron chi connectivity index (χ3n) is 2.29. The van der Waals surface area contributed by atoms with E-state index < -0.39 is 39.6 Å². The zero-order valence-corrected chi connectivity index (χ0v) is 11.8. The lowest BCUT2D eigenvalue weighted by molar-refractivity contribution is -0.391. The molecule has 16 heteroatoms. The first kappa shape index (κ1) is 23.0. The molecule has 2 unspecified atom stereocenters. The van der Waals surface area contributed by atoms with Crippen molar-refractivity contribution in [3.05, 3.63) is 0 Å². The van der Waals surface area contributed by atoms with Gasteiger partial charge in [-0.1, -0.05) is 23.2 Å². The summed E-state index contributed by atoms with van der Waals surface area (Å²) in [5.41, 5.74) is 0. The summed E-state index contributed by atoms with van der Waals surface area (Å²) in [7, 11) is 0. The zero-order chi connectivity index (χ0) is 19.5.